The van der Waals surface area contributed by atoms with Crippen molar-refractivity contribution in [3.05, 3.63) is 102 Å². The van der Waals surface area contributed by atoms with Crippen LogP contribution in [-0.4, -0.2) is 33.1 Å². The number of aromatic nitrogens is 3. The number of para-hydroxylation sites is 1. The molecule has 0 bridgehead atoms. The van der Waals surface area contributed by atoms with Crippen LogP contribution in [0.25, 0.3) is 17.1 Å². The lowest BCUT2D eigenvalue weighted by molar-refractivity contribution is 0.0462. The summed E-state index contributed by atoms with van der Waals surface area (Å²) in [7, 11) is 0. The number of carbonyl (C=O) groups is 2. The molecular formula is C24H19N3O3. The van der Waals surface area contributed by atoms with E-state index in [2.05, 4.69) is 10.1 Å². The quantitative estimate of drug-likeness (QED) is 0.359. The Morgan fingerprint density at radius 1 is 0.867 bits per heavy atom. The minimum absolute atomic E-state index is 0.102. The molecule has 148 valence electrons. The van der Waals surface area contributed by atoms with E-state index in [4.69, 9.17) is 4.74 Å². The summed E-state index contributed by atoms with van der Waals surface area (Å²) in [5.74, 6) is -0.621. The Kier molecular flexibility index (Phi) is 5.48. The Bertz CT molecular complexity index is 1110. The number of rotatable bonds is 6. The van der Waals surface area contributed by atoms with Gasteiger partial charge in [0.25, 0.3) is 5.82 Å². The summed E-state index contributed by atoms with van der Waals surface area (Å²) in [6, 6.07) is 25.9. The molecular weight excluding hydrogens is 378 g/mol. The number of nitrogens with zero attached hydrogens (tertiary/aromatic N) is 3. The maximum absolute atomic E-state index is 12.5. The number of esters is 1. The highest BCUT2D eigenvalue weighted by atomic mass is 16.5. The molecule has 0 unspecified atom stereocenters. The molecule has 0 atom stereocenters. The first-order valence-corrected chi connectivity index (χ1v) is 9.47. The third-order valence-electron chi connectivity index (χ3n) is 4.53. The van der Waals surface area contributed by atoms with Crippen LogP contribution in [0.1, 0.15) is 26.5 Å². The van der Waals surface area contributed by atoms with Crippen molar-refractivity contribution in [2.45, 2.75) is 6.92 Å². The second-order valence-corrected chi connectivity index (χ2v) is 6.74. The minimum Gasteiger partial charge on any atom is -0.451 e. The molecule has 0 aliphatic rings. The molecule has 0 saturated heterocycles. The molecule has 1 heterocycles. The van der Waals surface area contributed by atoms with Gasteiger partial charge in [-0.2, -0.15) is 0 Å². The number of hydrogen-bond acceptors (Lipinski definition) is 5. The molecule has 0 N–H and O–H groups in total. The Balaban J connectivity index is 1.58. The van der Waals surface area contributed by atoms with Gasteiger partial charge >= 0.3 is 5.97 Å². The largest absolute Gasteiger partial charge is 0.451 e. The van der Waals surface area contributed by atoms with E-state index in [9.17, 15) is 9.59 Å². The Morgan fingerprint density at radius 2 is 1.50 bits per heavy atom. The van der Waals surface area contributed by atoms with Crippen LogP contribution in [-0.2, 0) is 4.74 Å². The molecule has 30 heavy (non-hydrogen) atoms. The highest BCUT2D eigenvalue weighted by molar-refractivity contribution is 5.98. The molecule has 0 aliphatic heterocycles. The first kappa shape index (κ1) is 19.3. The molecule has 4 rings (SSSR count). The summed E-state index contributed by atoms with van der Waals surface area (Å²) in [6.07, 6.45) is 0. The summed E-state index contributed by atoms with van der Waals surface area (Å²) in [5.41, 5.74) is 3.11. The number of aryl methyl sites for hydroxylation is 1. The molecule has 0 amide bonds. The van der Waals surface area contributed by atoms with Crippen molar-refractivity contribution in [3.63, 3.8) is 0 Å². The van der Waals surface area contributed by atoms with Crippen molar-refractivity contribution in [1.82, 2.24) is 14.8 Å². The van der Waals surface area contributed by atoms with Crippen molar-refractivity contribution in [1.29, 1.82) is 0 Å². The number of hydrogen-bond donors (Lipinski definition) is 0. The van der Waals surface area contributed by atoms with Crippen LogP contribution in [0.5, 0.6) is 0 Å². The van der Waals surface area contributed by atoms with Gasteiger partial charge in [-0.15, -0.1) is 5.10 Å². The smallest absolute Gasteiger partial charge is 0.378 e. The van der Waals surface area contributed by atoms with Gasteiger partial charge in [0.1, 0.15) is 0 Å². The lowest BCUT2D eigenvalue weighted by Gasteiger charge is -2.05. The standard InChI is InChI=1S/C24H19N3O3/c1-17-12-14-18(15-13-17)21(28)16-30-24(29)22-25-23(19-8-4-2-5-9-19)27(26-22)20-10-6-3-7-11-20/h2-15H,16H2,1H3. The maximum atomic E-state index is 12.5. The predicted octanol–water partition coefficient (Wildman–Crippen LogP) is 4.28. The fraction of sp³-hybridized carbons (Fsp3) is 0.0833. The van der Waals surface area contributed by atoms with Crippen molar-refractivity contribution < 1.29 is 14.3 Å². The van der Waals surface area contributed by atoms with E-state index in [1.807, 2.05) is 79.7 Å². The zero-order valence-electron chi connectivity index (χ0n) is 16.4. The Labute approximate surface area is 173 Å². The van der Waals surface area contributed by atoms with Gasteiger partial charge in [-0.3, -0.25) is 4.79 Å². The monoisotopic (exact) mass is 397 g/mol. The Hall–Kier alpha value is -4.06. The van der Waals surface area contributed by atoms with Crippen molar-refractivity contribution in [2.24, 2.45) is 0 Å². The van der Waals surface area contributed by atoms with Gasteiger partial charge in [0.2, 0.25) is 0 Å². The maximum Gasteiger partial charge on any atom is 0.378 e. The SMILES string of the molecule is Cc1ccc(C(=O)COC(=O)c2nc(-c3ccccc3)n(-c3ccccc3)n2)cc1. The number of Topliss-reactive ketones (excluding diaryl/α,β-unsaturated/α-hetero) is 1. The van der Waals surface area contributed by atoms with Crippen LogP contribution in [0.3, 0.4) is 0 Å². The first-order valence-electron chi connectivity index (χ1n) is 9.47. The molecule has 0 fully saturated rings. The van der Waals surface area contributed by atoms with E-state index in [0.717, 1.165) is 16.8 Å². The first-order chi connectivity index (χ1) is 14.6. The number of ether oxygens (including phenoxy) is 1. The van der Waals surface area contributed by atoms with Gasteiger partial charge in [-0.25, -0.2) is 14.5 Å². The van der Waals surface area contributed by atoms with Gasteiger partial charge in [0, 0.05) is 11.1 Å². The lowest BCUT2D eigenvalue weighted by Crippen LogP contribution is -2.15. The summed E-state index contributed by atoms with van der Waals surface area (Å²) in [4.78, 5) is 29.2. The van der Waals surface area contributed by atoms with E-state index in [-0.39, 0.29) is 18.2 Å². The average Bonchev–Trinajstić information content (AvgIpc) is 3.24. The third kappa shape index (κ3) is 4.17. The third-order valence-corrected chi connectivity index (χ3v) is 4.53. The number of carbonyl (C=O) groups excluding carboxylic acids is 2. The van der Waals surface area contributed by atoms with E-state index in [1.165, 1.54) is 0 Å². The van der Waals surface area contributed by atoms with E-state index < -0.39 is 5.97 Å². The molecule has 1 aromatic heterocycles. The summed E-state index contributed by atoms with van der Waals surface area (Å²) >= 11 is 0. The van der Waals surface area contributed by atoms with Crippen molar-refractivity contribution >= 4 is 11.8 Å². The normalized spacial score (nSPS) is 10.6. The predicted molar refractivity (Wildman–Crippen MR) is 113 cm³/mol. The van der Waals surface area contributed by atoms with E-state index in [1.54, 1.807) is 16.8 Å². The van der Waals surface area contributed by atoms with E-state index in [0.29, 0.717) is 11.4 Å². The lowest BCUT2D eigenvalue weighted by atomic mass is 10.1. The van der Waals surface area contributed by atoms with Crippen molar-refractivity contribution in [3.8, 4) is 17.1 Å². The van der Waals surface area contributed by atoms with Gasteiger partial charge < -0.3 is 4.74 Å². The second-order valence-electron chi connectivity index (χ2n) is 6.74. The molecule has 0 aliphatic carbocycles. The molecule has 6 nitrogen and oxygen atoms in total. The topological polar surface area (TPSA) is 74.1 Å². The Morgan fingerprint density at radius 3 is 2.17 bits per heavy atom. The van der Waals surface area contributed by atoms with E-state index >= 15 is 0 Å². The van der Waals surface area contributed by atoms with Crippen LogP contribution < -0.4 is 0 Å². The van der Waals surface area contributed by atoms with Crippen molar-refractivity contribution in [2.75, 3.05) is 6.61 Å². The second kappa shape index (κ2) is 8.53. The zero-order chi connectivity index (χ0) is 20.9. The fourth-order valence-electron chi connectivity index (χ4n) is 2.94. The molecule has 6 heteroatoms. The van der Waals surface area contributed by atoms with Gasteiger partial charge in [0.15, 0.2) is 18.2 Å². The molecule has 0 spiro atoms. The fourth-order valence-corrected chi connectivity index (χ4v) is 2.94. The highest BCUT2D eigenvalue weighted by Gasteiger charge is 2.21. The van der Waals surface area contributed by atoms with Crippen LogP contribution in [0.15, 0.2) is 84.9 Å². The molecule has 4 aromatic rings. The molecule has 3 aromatic carbocycles. The van der Waals surface area contributed by atoms with Crippen LogP contribution in [0, 0.1) is 6.92 Å². The van der Waals surface area contributed by atoms with Gasteiger partial charge in [-0.1, -0.05) is 78.4 Å². The summed E-state index contributed by atoms with van der Waals surface area (Å²) in [5, 5.41) is 4.34. The summed E-state index contributed by atoms with van der Waals surface area (Å²) < 4.78 is 6.78. The molecule has 0 radical (unpaired) electrons. The highest BCUT2D eigenvalue weighted by Crippen LogP contribution is 2.21. The number of benzene rings is 3. The minimum atomic E-state index is -0.748. The van der Waals surface area contributed by atoms with Crippen LogP contribution >= 0.6 is 0 Å². The number of ketones is 1. The van der Waals surface area contributed by atoms with Gasteiger partial charge in [0.05, 0.1) is 5.69 Å². The average molecular weight is 397 g/mol. The van der Waals surface area contributed by atoms with Crippen LogP contribution in [0.4, 0.5) is 0 Å². The zero-order valence-corrected chi connectivity index (χ0v) is 16.4. The van der Waals surface area contributed by atoms with Gasteiger partial charge in [-0.05, 0) is 19.1 Å². The summed E-state index contributed by atoms with van der Waals surface area (Å²) in [6.45, 7) is 1.57. The molecule has 0 saturated carbocycles. The van der Waals surface area contributed by atoms with Crippen LogP contribution in [0.2, 0.25) is 0 Å².